The van der Waals surface area contributed by atoms with Gasteiger partial charge in [-0.15, -0.1) is 0 Å². The predicted molar refractivity (Wildman–Crippen MR) is 153 cm³/mol. The van der Waals surface area contributed by atoms with Crippen molar-refractivity contribution in [3.05, 3.63) is 48.3 Å². The van der Waals surface area contributed by atoms with Crippen LogP contribution in [0.25, 0.3) is 38.0 Å². The van der Waals surface area contributed by atoms with E-state index in [1.807, 2.05) is 24.7 Å². The van der Waals surface area contributed by atoms with Crippen molar-refractivity contribution in [3.63, 3.8) is 0 Å². The molecular weight excluding hydrogens is 494 g/mol. The number of dihydropyridines is 1. The molecule has 194 valence electrons. The van der Waals surface area contributed by atoms with Gasteiger partial charge in [0.05, 0.1) is 10.7 Å². The average Bonchev–Trinajstić information content (AvgIpc) is 3.65. The molecule has 0 spiro atoms. The first kappa shape index (κ1) is 23.6. The van der Waals surface area contributed by atoms with Gasteiger partial charge in [0.2, 0.25) is 5.91 Å². The molecule has 8 heteroatoms. The van der Waals surface area contributed by atoms with Gasteiger partial charge >= 0.3 is 0 Å². The second-order valence-electron chi connectivity index (χ2n) is 11.0. The summed E-state index contributed by atoms with van der Waals surface area (Å²) in [4.78, 5) is 23.6. The number of furan rings is 1. The molecule has 7 rings (SSSR count). The molecule has 6 heterocycles. The molecule has 2 fully saturated rings. The van der Waals surface area contributed by atoms with Crippen LogP contribution < -0.4 is 5.73 Å². The van der Waals surface area contributed by atoms with Crippen LogP contribution in [0.2, 0.25) is 0 Å². The minimum absolute atomic E-state index is 0.252. The van der Waals surface area contributed by atoms with Crippen LogP contribution >= 0.6 is 11.5 Å². The summed E-state index contributed by atoms with van der Waals surface area (Å²) in [6.45, 7) is 1.72. The third kappa shape index (κ3) is 4.02. The van der Waals surface area contributed by atoms with E-state index in [0.29, 0.717) is 35.4 Å². The van der Waals surface area contributed by atoms with Gasteiger partial charge in [0.1, 0.15) is 5.76 Å². The molecule has 3 aliphatic heterocycles. The fraction of sp³-hybridized carbons (Fsp3) is 0.400. The molecular formula is C30H31N5O2S. The van der Waals surface area contributed by atoms with Crippen LogP contribution in [0.15, 0.2) is 52.1 Å². The molecule has 3 atom stereocenters. The largest absolute Gasteiger partial charge is 0.452 e. The number of amides is 1. The van der Waals surface area contributed by atoms with Crippen molar-refractivity contribution in [1.82, 2.24) is 14.3 Å². The van der Waals surface area contributed by atoms with Crippen LogP contribution in [0, 0.1) is 5.92 Å². The number of piperidine rings is 1. The lowest BCUT2D eigenvalue weighted by atomic mass is 9.85. The Morgan fingerprint density at radius 2 is 2.00 bits per heavy atom. The number of aliphatic imine (C=N–C) groups is 1. The second-order valence-corrected chi connectivity index (χ2v) is 11.8. The van der Waals surface area contributed by atoms with E-state index in [1.165, 1.54) is 30.8 Å². The number of allylic oxidation sites excluding steroid dienone is 1. The maximum atomic E-state index is 12.0. The number of nitrogen functional groups attached to an aromatic ring is 1. The molecule has 1 amide bonds. The molecule has 4 aromatic rings. The molecule has 0 aliphatic carbocycles. The highest BCUT2D eigenvalue weighted by atomic mass is 32.1. The summed E-state index contributed by atoms with van der Waals surface area (Å²) in [7, 11) is 0. The first-order valence-corrected chi connectivity index (χ1v) is 14.4. The lowest BCUT2D eigenvalue weighted by Gasteiger charge is -2.38. The van der Waals surface area contributed by atoms with Crippen molar-refractivity contribution in [2.45, 2.75) is 70.0 Å². The fourth-order valence-electron chi connectivity index (χ4n) is 6.90. The first-order chi connectivity index (χ1) is 18.5. The van der Waals surface area contributed by atoms with E-state index in [4.69, 9.17) is 15.1 Å². The molecule has 7 nitrogen and oxygen atoms in total. The van der Waals surface area contributed by atoms with Crippen LogP contribution in [-0.2, 0) is 4.79 Å². The number of aromatic nitrogens is 2. The lowest BCUT2D eigenvalue weighted by Crippen LogP contribution is -2.45. The van der Waals surface area contributed by atoms with Crippen molar-refractivity contribution in [1.29, 1.82) is 0 Å². The van der Waals surface area contributed by atoms with Gasteiger partial charge in [-0.2, -0.15) is 4.37 Å². The van der Waals surface area contributed by atoms with Crippen molar-refractivity contribution in [3.8, 4) is 11.3 Å². The molecule has 2 N–H and O–H groups in total. The summed E-state index contributed by atoms with van der Waals surface area (Å²) in [5.41, 5.74) is 9.92. The van der Waals surface area contributed by atoms with Gasteiger partial charge < -0.3 is 15.1 Å². The summed E-state index contributed by atoms with van der Waals surface area (Å²) in [6.07, 6.45) is 15.8. The summed E-state index contributed by atoms with van der Waals surface area (Å²) in [6, 6.07) is 9.44. The Hall–Kier alpha value is -3.52. The van der Waals surface area contributed by atoms with Gasteiger partial charge in [0, 0.05) is 59.5 Å². The van der Waals surface area contributed by atoms with Gasteiger partial charge in [0.25, 0.3) is 0 Å². The summed E-state index contributed by atoms with van der Waals surface area (Å²) < 4.78 is 11.7. The van der Waals surface area contributed by atoms with E-state index in [2.05, 4.69) is 38.5 Å². The third-order valence-corrected chi connectivity index (χ3v) is 9.53. The number of benzene rings is 1. The van der Waals surface area contributed by atoms with E-state index in [0.717, 1.165) is 63.6 Å². The van der Waals surface area contributed by atoms with Crippen LogP contribution in [0.3, 0.4) is 0 Å². The molecule has 2 bridgehead atoms. The second kappa shape index (κ2) is 9.34. The van der Waals surface area contributed by atoms with Gasteiger partial charge in [-0.1, -0.05) is 18.2 Å². The highest BCUT2D eigenvalue weighted by Gasteiger charge is 2.41. The van der Waals surface area contributed by atoms with Crippen LogP contribution in [-0.4, -0.2) is 44.5 Å². The van der Waals surface area contributed by atoms with E-state index in [1.54, 1.807) is 6.92 Å². The van der Waals surface area contributed by atoms with E-state index in [-0.39, 0.29) is 5.91 Å². The van der Waals surface area contributed by atoms with Gasteiger partial charge in [-0.3, -0.25) is 9.79 Å². The Kier molecular flexibility index (Phi) is 5.80. The number of fused-ring (bicyclic) bond motifs is 4. The molecule has 3 unspecified atom stereocenters. The Balaban J connectivity index is 1.07. The zero-order valence-electron chi connectivity index (χ0n) is 21.5. The Morgan fingerprint density at radius 3 is 2.76 bits per heavy atom. The van der Waals surface area contributed by atoms with Crippen molar-refractivity contribution in [2.24, 2.45) is 10.9 Å². The van der Waals surface area contributed by atoms with E-state index >= 15 is 0 Å². The fourth-order valence-corrected chi connectivity index (χ4v) is 7.66. The quantitative estimate of drug-likeness (QED) is 0.321. The number of hydrogen-bond acceptors (Lipinski definition) is 7. The van der Waals surface area contributed by atoms with Gasteiger partial charge in [0.15, 0.2) is 11.4 Å². The number of pyridine rings is 1. The number of anilines is 1. The van der Waals surface area contributed by atoms with E-state index < -0.39 is 0 Å². The van der Waals surface area contributed by atoms with Gasteiger partial charge in [-0.05, 0) is 80.1 Å². The summed E-state index contributed by atoms with van der Waals surface area (Å²) >= 11 is 1.47. The van der Waals surface area contributed by atoms with Crippen molar-refractivity contribution < 1.29 is 9.21 Å². The molecule has 3 aliphatic rings. The van der Waals surface area contributed by atoms with E-state index in [9.17, 15) is 4.79 Å². The zero-order valence-corrected chi connectivity index (χ0v) is 22.3. The maximum absolute atomic E-state index is 12.0. The minimum atomic E-state index is 0.252. The number of nitrogens with two attached hydrogens (primary N) is 1. The Labute approximate surface area is 225 Å². The summed E-state index contributed by atoms with van der Waals surface area (Å²) in [5.74, 6) is 2.12. The predicted octanol–water partition coefficient (Wildman–Crippen LogP) is 6.48. The highest BCUT2D eigenvalue weighted by molar-refractivity contribution is 7.13. The Bertz CT molecular complexity index is 1590. The zero-order chi connectivity index (χ0) is 25.8. The van der Waals surface area contributed by atoms with Crippen LogP contribution in [0.1, 0.15) is 57.4 Å². The monoisotopic (exact) mass is 525 g/mol. The molecule has 0 radical (unpaired) electrons. The lowest BCUT2D eigenvalue weighted by molar-refractivity contribution is -0.133. The molecule has 1 aromatic carbocycles. The highest BCUT2D eigenvalue weighted by Crippen LogP contribution is 2.41. The normalized spacial score (nSPS) is 24.9. The number of nitrogens with zero attached hydrogens (tertiary/aromatic N) is 4. The SMILES string of the molecule is CC(=O)N1C2CCC1CC(CCC1CC=C(c3cnc(N)c4oc(-c5cccc6cnsc56)cc34)C=N1)C2. The smallest absolute Gasteiger partial charge is 0.219 e. The van der Waals surface area contributed by atoms with Crippen LogP contribution in [0.5, 0.6) is 0 Å². The molecule has 0 saturated carbocycles. The maximum Gasteiger partial charge on any atom is 0.219 e. The number of carbonyl (C=O) groups is 1. The number of carbonyl (C=O) groups excluding carboxylic acids is 1. The average molecular weight is 526 g/mol. The third-order valence-electron chi connectivity index (χ3n) is 8.68. The standard InChI is InChI=1S/C30H31N5O2S/c1-17(36)35-22-9-10-23(35)12-18(11-22)5-7-21-8-6-19(14-32-21)26-16-33-30(31)28-25(26)13-27(37-28)24-4-2-3-20-15-34-38-29(20)24/h2-4,6,13-16,18,21-23H,5,7-12H2,1H3,(H2,31,33). The molecule has 38 heavy (non-hydrogen) atoms. The topological polar surface area (TPSA) is 97.6 Å². The summed E-state index contributed by atoms with van der Waals surface area (Å²) in [5, 5.41) is 2.06. The van der Waals surface area contributed by atoms with Crippen molar-refractivity contribution in [2.75, 3.05) is 5.73 Å². The minimum Gasteiger partial charge on any atom is -0.452 e. The number of rotatable bonds is 5. The Morgan fingerprint density at radius 1 is 1.16 bits per heavy atom. The number of hydrogen-bond donors (Lipinski definition) is 1. The van der Waals surface area contributed by atoms with Crippen LogP contribution in [0.4, 0.5) is 5.82 Å². The van der Waals surface area contributed by atoms with Crippen molar-refractivity contribution >= 4 is 56.1 Å². The first-order valence-electron chi connectivity index (χ1n) is 13.6. The molecule has 2 saturated heterocycles. The molecule has 3 aromatic heterocycles. The van der Waals surface area contributed by atoms with Gasteiger partial charge in [-0.25, -0.2) is 4.98 Å².